The summed E-state index contributed by atoms with van der Waals surface area (Å²) in [5.41, 5.74) is 0.850. The number of phenols is 1. The lowest BCUT2D eigenvalue weighted by molar-refractivity contribution is -0.143. The van der Waals surface area contributed by atoms with E-state index in [1.807, 2.05) is 13.8 Å². The van der Waals surface area contributed by atoms with Gasteiger partial charge in [-0.2, -0.15) is 0 Å². The number of rotatable bonds is 3. The normalized spacial score (nSPS) is 25.6. The van der Waals surface area contributed by atoms with Gasteiger partial charge in [-0.15, -0.1) is 11.8 Å². The van der Waals surface area contributed by atoms with Gasteiger partial charge in [-0.3, -0.25) is 4.79 Å². The number of aromatic hydroxyl groups is 1. The van der Waals surface area contributed by atoms with Crippen LogP contribution in [0.25, 0.3) is 0 Å². The molecule has 0 saturated carbocycles. The average molecular weight is 550 g/mol. The minimum absolute atomic E-state index is 0.0318. The van der Waals surface area contributed by atoms with Crippen molar-refractivity contribution in [3.63, 3.8) is 0 Å². The Balaban J connectivity index is 2.15. The summed E-state index contributed by atoms with van der Waals surface area (Å²) in [6.45, 7) is 7.19. The molecule has 8 nitrogen and oxygen atoms in total. The highest BCUT2D eigenvalue weighted by atomic mass is 79.9. The first-order chi connectivity index (χ1) is 16.0. The molecule has 2 unspecified atom stereocenters. The number of methoxy groups -OCH3 is 2. The zero-order valence-electron chi connectivity index (χ0n) is 19.6. The van der Waals surface area contributed by atoms with Crippen LogP contribution in [0.4, 0.5) is 0 Å². The van der Waals surface area contributed by atoms with E-state index in [4.69, 9.17) is 9.47 Å². The molecular formula is C24H24BrNO7S. The molecule has 0 aromatic heterocycles. The van der Waals surface area contributed by atoms with Gasteiger partial charge in [0.2, 0.25) is 0 Å². The molecule has 4 rings (SSSR count). The first kappa shape index (κ1) is 24.5. The topological polar surface area (TPSA) is 110 Å². The molecule has 0 amide bonds. The highest BCUT2D eigenvalue weighted by Gasteiger charge is 2.65. The monoisotopic (exact) mass is 549 g/mol. The summed E-state index contributed by atoms with van der Waals surface area (Å²) in [7, 11) is 2.39. The second-order valence-corrected chi connectivity index (χ2v) is 10.7. The number of halogens is 1. The van der Waals surface area contributed by atoms with Gasteiger partial charge in [-0.25, -0.2) is 9.59 Å². The van der Waals surface area contributed by atoms with Crippen LogP contribution in [0.5, 0.6) is 5.75 Å². The van der Waals surface area contributed by atoms with Crippen LogP contribution >= 0.6 is 27.7 Å². The molecule has 180 valence electrons. The summed E-state index contributed by atoms with van der Waals surface area (Å²) < 4.78 is 10.5. The van der Waals surface area contributed by atoms with Gasteiger partial charge in [0.05, 0.1) is 29.8 Å². The molecule has 0 spiro atoms. The van der Waals surface area contributed by atoms with Crippen LogP contribution in [0.3, 0.4) is 0 Å². The number of thioether (sulfide) groups is 1. The summed E-state index contributed by atoms with van der Waals surface area (Å²) >= 11 is 4.65. The van der Waals surface area contributed by atoms with Crippen molar-refractivity contribution in [3.05, 3.63) is 48.6 Å². The first-order valence-electron chi connectivity index (χ1n) is 10.5. The lowest BCUT2D eigenvalue weighted by atomic mass is 9.58. The third kappa shape index (κ3) is 2.90. The molecule has 2 heterocycles. The van der Waals surface area contributed by atoms with Crippen molar-refractivity contribution in [2.24, 2.45) is 11.3 Å². The number of Topliss-reactive ketones (excluding diaryl/α,β-unsaturated/α-hetero) is 1. The SMILES string of the molecule is COC(=O)C1=C(C(=O)OC)N2C(C)=C(C)SC2C2(C=O)C(=O)c3c(O)c(Br)c(C)c(C)c3C[C@H]12. The van der Waals surface area contributed by atoms with E-state index in [1.54, 1.807) is 18.7 Å². The second kappa shape index (κ2) is 8.27. The van der Waals surface area contributed by atoms with Gasteiger partial charge < -0.3 is 24.3 Å². The van der Waals surface area contributed by atoms with E-state index in [-0.39, 0.29) is 29.0 Å². The van der Waals surface area contributed by atoms with E-state index in [0.717, 1.165) is 16.0 Å². The molecule has 1 N–H and O–H groups in total. The largest absolute Gasteiger partial charge is 0.506 e. The van der Waals surface area contributed by atoms with Crippen molar-refractivity contribution in [1.29, 1.82) is 0 Å². The number of hydrogen-bond acceptors (Lipinski definition) is 9. The van der Waals surface area contributed by atoms with Gasteiger partial charge in [0.1, 0.15) is 28.5 Å². The lowest BCUT2D eigenvalue weighted by Gasteiger charge is -2.51. The number of aldehydes is 1. The molecule has 0 saturated heterocycles. The summed E-state index contributed by atoms with van der Waals surface area (Å²) in [6, 6.07) is 0. The van der Waals surface area contributed by atoms with E-state index in [9.17, 15) is 24.3 Å². The molecule has 10 heteroatoms. The number of allylic oxidation sites excluding steroid dienone is 2. The predicted molar refractivity (Wildman–Crippen MR) is 128 cm³/mol. The lowest BCUT2D eigenvalue weighted by Crippen LogP contribution is -2.61. The first-order valence-corrected chi connectivity index (χ1v) is 12.2. The number of carbonyl (C=O) groups is 4. The van der Waals surface area contributed by atoms with Crippen molar-refractivity contribution in [3.8, 4) is 5.75 Å². The maximum absolute atomic E-state index is 14.2. The quantitative estimate of drug-likeness (QED) is 0.343. The van der Waals surface area contributed by atoms with Gasteiger partial charge in [0, 0.05) is 16.5 Å². The van der Waals surface area contributed by atoms with Gasteiger partial charge >= 0.3 is 11.9 Å². The summed E-state index contributed by atoms with van der Waals surface area (Å²) in [5.74, 6) is -3.39. The number of ketones is 1. The Morgan fingerprint density at radius 2 is 1.76 bits per heavy atom. The van der Waals surface area contributed by atoms with Crippen LogP contribution < -0.4 is 0 Å². The molecule has 2 aliphatic heterocycles. The number of esters is 2. The molecule has 0 radical (unpaired) electrons. The van der Waals surface area contributed by atoms with E-state index in [2.05, 4.69) is 15.9 Å². The zero-order valence-corrected chi connectivity index (χ0v) is 22.0. The third-order valence-electron chi connectivity index (χ3n) is 7.32. The minimum atomic E-state index is -1.75. The summed E-state index contributed by atoms with van der Waals surface area (Å²) in [5, 5.41) is 10.1. The summed E-state index contributed by atoms with van der Waals surface area (Å²) in [6.07, 6.45) is 0.653. The van der Waals surface area contributed by atoms with E-state index >= 15 is 0 Å². The fraction of sp³-hybridized carbons (Fsp3) is 0.417. The Bertz CT molecular complexity index is 1250. The highest BCUT2D eigenvalue weighted by Crippen LogP contribution is 2.60. The van der Waals surface area contributed by atoms with Gasteiger partial charge in [-0.05, 0) is 66.7 Å². The number of phenolic OH excluding ortho intramolecular Hbond substituents is 1. The number of nitrogens with zero attached hydrogens (tertiary/aromatic N) is 1. The summed E-state index contributed by atoms with van der Waals surface area (Å²) in [4.78, 5) is 55.7. The fourth-order valence-electron chi connectivity index (χ4n) is 5.27. The predicted octanol–water partition coefficient (Wildman–Crippen LogP) is 3.55. The van der Waals surface area contributed by atoms with Crippen LogP contribution in [-0.2, 0) is 30.3 Å². The van der Waals surface area contributed by atoms with Crippen molar-refractivity contribution in [1.82, 2.24) is 4.90 Å². The average Bonchev–Trinajstić information content (AvgIpc) is 3.13. The van der Waals surface area contributed by atoms with Crippen LogP contribution in [0.15, 0.2) is 26.3 Å². The molecule has 0 fully saturated rings. The highest BCUT2D eigenvalue weighted by molar-refractivity contribution is 9.10. The molecule has 1 aromatic rings. The number of benzene rings is 1. The van der Waals surface area contributed by atoms with Crippen LogP contribution in [-0.4, -0.2) is 53.6 Å². The Hall–Kier alpha value is -2.59. The van der Waals surface area contributed by atoms with Gasteiger partial charge in [-0.1, -0.05) is 0 Å². The number of ether oxygens (including phenoxy) is 2. The van der Waals surface area contributed by atoms with Crippen LogP contribution in [0.1, 0.15) is 40.9 Å². The molecule has 3 atom stereocenters. The van der Waals surface area contributed by atoms with Crippen molar-refractivity contribution < 1.29 is 33.8 Å². The van der Waals surface area contributed by atoms with Gasteiger partial charge in [0.25, 0.3) is 0 Å². The number of hydrogen-bond donors (Lipinski definition) is 1. The Morgan fingerprint density at radius 3 is 2.32 bits per heavy atom. The maximum atomic E-state index is 14.2. The van der Waals surface area contributed by atoms with Crippen molar-refractivity contribution in [2.45, 2.75) is 39.5 Å². The van der Waals surface area contributed by atoms with Crippen LogP contribution in [0.2, 0.25) is 0 Å². The smallest absolute Gasteiger partial charge is 0.355 e. The fourth-order valence-corrected chi connectivity index (χ4v) is 7.26. The zero-order chi connectivity index (χ0) is 25.3. The Kier molecular flexibility index (Phi) is 5.96. The standard InChI is InChI=1S/C24H24BrNO7S/c1-9-10(2)17(25)19(28)15-13(9)7-14-16(21(30)32-5)18(22(31)33-6)26-11(3)12(4)34-23(26)24(14,8-27)20(15)29/h8,14,23,28H,7H2,1-6H3/t14-,23?,24?/m1/s1. The van der Waals surface area contributed by atoms with Crippen molar-refractivity contribution >= 4 is 51.7 Å². The maximum Gasteiger partial charge on any atom is 0.355 e. The molecular weight excluding hydrogens is 526 g/mol. The van der Waals surface area contributed by atoms with Crippen LogP contribution in [0, 0.1) is 25.2 Å². The molecule has 34 heavy (non-hydrogen) atoms. The number of carbonyl (C=O) groups excluding carboxylic acids is 4. The third-order valence-corrected chi connectivity index (χ3v) is 9.77. The van der Waals surface area contributed by atoms with E-state index in [0.29, 0.717) is 22.0 Å². The molecule has 1 aliphatic carbocycles. The Labute approximate surface area is 209 Å². The molecule has 1 aromatic carbocycles. The van der Waals surface area contributed by atoms with E-state index < -0.39 is 34.4 Å². The Morgan fingerprint density at radius 1 is 1.15 bits per heavy atom. The minimum Gasteiger partial charge on any atom is -0.506 e. The van der Waals surface area contributed by atoms with Crippen molar-refractivity contribution in [2.75, 3.05) is 14.2 Å². The van der Waals surface area contributed by atoms with E-state index in [1.165, 1.54) is 26.0 Å². The molecule has 3 aliphatic rings. The number of fused-ring (bicyclic) bond motifs is 4. The molecule has 0 bridgehead atoms. The second-order valence-electron chi connectivity index (χ2n) is 8.63. The van der Waals surface area contributed by atoms with Gasteiger partial charge in [0.15, 0.2) is 5.78 Å².